The van der Waals surface area contributed by atoms with Crippen molar-refractivity contribution in [3.63, 3.8) is 0 Å². The summed E-state index contributed by atoms with van der Waals surface area (Å²) >= 11 is 0. The van der Waals surface area contributed by atoms with E-state index in [2.05, 4.69) is 11.4 Å². The van der Waals surface area contributed by atoms with Gasteiger partial charge in [-0.05, 0) is 36.0 Å². The molecule has 1 saturated carbocycles. The zero-order chi connectivity index (χ0) is 13.9. The Hall–Kier alpha value is -1.38. The van der Waals surface area contributed by atoms with Crippen LogP contribution >= 0.6 is 0 Å². The summed E-state index contributed by atoms with van der Waals surface area (Å²) in [5.74, 6) is 0.269. The third-order valence-corrected chi connectivity index (χ3v) is 4.55. The van der Waals surface area contributed by atoms with Crippen molar-refractivity contribution in [1.29, 1.82) is 5.26 Å². The van der Waals surface area contributed by atoms with Crippen LogP contribution in [0.15, 0.2) is 24.3 Å². The zero-order valence-electron chi connectivity index (χ0n) is 11.0. The molecule has 1 aliphatic carbocycles. The van der Waals surface area contributed by atoms with Crippen LogP contribution in [0.25, 0.3) is 0 Å². The monoisotopic (exact) mass is 278 g/mol. The zero-order valence-corrected chi connectivity index (χ0v) is 11.8. The number of hydrogen-bond acceptors (Lipinski definition) is 4. The highest BCUT2D eigenvalue weighted by Crippen LogP contribution is 2.46. The topological polar surface area (TPSA) is 70.0 Å². The first-order chi connectivity index (χ1) is 8.92. The molecule has 1 aromatic rings. The Labute approximate surface area is 114 Å². The summed E-state index contributed by atoms with van der Waals surface area (Å²) in [6.07, 6.45) is 3.25. The summed E-state index contributed by atoms with van der Waals surface area (Å²) in [6.45, 7) is 1.39. The van der Waals surface area contributed by atoms with Crippen molar-refractivity contribution in [2.75, 3.05) is 18.6 Å². The van der Waals surface area contributed by atoms with Gasteiger partial charge in [-0.25, -0.2) is 8.42 Å². The van der Waals surface area contributed by atoms with Gasteiger partial charge in [0.2, 0.25) is 0 Å². The standard InChI is InChI=1S/C14H18N2O2S/c1-19(17,18)11-14(5-6-14)10-16-9-13-4-2-3-12(7-13)8-15/h2-4,7,16H,5-6,9-11H2,1H3. The number of nitrogens with zero attached hydrogens (tertiary/aromatic N) is 1. The highest BCUT2D eigenvalue weighted by molar-refractivity contribution is 7.90. The van der Waals surface area contributed by atoms with Crippen LogP contribution in [0.1, 0.15) is 24.0 Å². The minimum absolute atomic E-state index is 0.0551. The van der Waals surface area contributed by atoms with Crippen LogP contribution in [0.5, 0.6) is 0 Å². The Morgan fingerprint density at radius 3 is 2.74 bits per heavy atom. The lowest BCUT2D eigenvalue weighted by molar-refractivity contribution is 0.492. The maximum absolute atomic E-state index is 11.3. The van der Waals surface area contributed by atoms with Crippen LogP contribution < -0.4 is 5.32 Å². The highest BCUT2D eigenvalue weighted by Gasteiger charge is 2.44. The molecule has 2 rings (SSSR count). The summed E-state index contributed by atoms with van der Waals surface area (Å²) in [7, 11) is -2.91. The second-order valence-corrected chi connectivity index (χ2v) is 7.63. The average Bonchev–Trinajstić information content (AvgIpc) is 3.07. The maximum Gasteiger partial charge on any atom is 0.148 e. The number of rotatable bonds is 6. The maximum atomic E-state index is 11.3. The lowest BCUT2D eigenvalue weighted by atomic mass is 10.1. The van der Waals surface area contributed by atoms with Crippen molar-refractivity contribution in [3.8, 4) is 6.07 Å². The van der Waals surface area contributed by atoms with Crippen molar-refractivity contribution >= 4 is 9.84 Å². The van der Waals surface area contributed by atoms with Crippen LogP contribution in [0.3, 0.4) is 0 Å². The molecule has 1 fully saturated rings. The van der Waals surface area contributed by atoms with E-state index in [-0.39, 0.29) is 11.2 Å². The SMILES string of the molecule is CS(=O)(=O)CC1(CNCc2cccc(C#N)c2)CC1. The predicted molar refractivity (Wildman–Crippen MR) is 74.2 cm³/mol. The van der Waals surface area contributed by atoms with Gasteiger partial charge in [-0.2, -0.15) is 5.26 Å². The molecule has 0 spiro atoms. The first-order valence-electron chi connectivity index (χ1n) is 6.30. The number of benzene rings is 1. The number of nitrogens with one attached hydrogen (secondary N) is 1. The number of hydrogen-bond donors (Lipinski definition) is 1. The molecule has 4 nitrogen and oxygen atoms in total. The predicted octanol–water partition coefficient (Wildman–Crippen LogP) is 1.47. The van der Waals surface area contributed by atoms with Gasteiger partial charge in [0.05, 0.1) is 17.4 Å². The van der Waals surface area contributed by atoms with E-state index in [1.165, 1.54) is 6.26 Å². The molecular weight excluding hydrogens is 260 g/mol. The summed E-state index contributed by atoms with van der Waals surface area (Å²) in [5.41, 5.74) is 1.64. The molecule has 1 aliphatic rings. The van der Waals surface area contributed by atoms with E-state index in [4.69, 9.17) is 5.26 Å². The smallest absolute Gasteiger partial charge is 0.148 e. The van der Waals surface area contributed by atoms with Gasteiger partial charge in [0.1, 0.15) is 9.84 Å². The fraction of sp³-hybridized carbons (Fsp3) is 0.500. The van der Waals surface area contributed by atoms with Gasteiger partial charge in [-0.15, -0.1) is 0 Å². The molecule has 0 aliphatic heterocycles. The van der Waals surface area contributed by atoms with E-state index in [0.717, 1.165) is 24.9 Å². The molecule has 0 atom stereocenters. The Kier molecular flexibility index (Phi) is 3.93. The van der Waals surface area contributed by atoms with Crippen molar-refractivity contribution in [2.24, 2.45) is 5.41 Å². The van der Waals surface area contributed by atoms with Gasteiger partial charge in [-0.3, -0.25) is 0 Å². The summed E-state index contributed by atoms with van der Waals surface area (Å²) in [6, 6.07) is 9.56. The molecular formula is C14H18N2O2S. The van der Waals surface area contributed by atoms with E-state index >= 15 is 0 Å². The first kappa shape index (κ1) is 14.0. The quantitative estimate of drug-likeness (QED) is 0.855. The molecule has 0 radical (unpaired) electrons. The van der Waals surface area contributed by atoms with Gasteiger partial charge < -0.3 is 5.32 Å². The van der Waals surface area contributed by atoms with Crippen molar-refractivity contribution in [2.45, 2.75) is 19.4 Å². The third-order valence-electron chi connectivity index (χ3n) is 3.41. The lowest BCUT2D eigenvalue weighted by Crippen LogP contribution is -2.29. The fourth-order valence-corrected chi connectivity index (χ4v) is 3.83. The molecule has 102 valence electrons. The Balaban J connectivity index is 1.85. The summed E-state index contributed by atoms with van der Waals surface area (Å²) < 4.78 is 22.7. The van der Waals surface area contributed by atoms with Crippen molar-refractivity contribution < 1.29 is 8.42 Å². The van der Waals surface area contributed by atoms with Crippen LogP contribution in [0.4, 0.5) is 0 Å². The number of nitriles is 1. The highest BCUT2D eigenvalue weighted by atomic mass is 32.2. The lowest BCUT2D eigenvalue weighted by Gasteiger charge is -2.14. The van der Waals surface area contributed by atoms with Crippen LogP contribution in [0.2, 0.25) is 0 Å². The molecule has 0 bridgehead atoms. The van der Waals surface area contributed by atoms with Crippen molar-refractivity contribution in [1.82, 2.24) is 5.32 Å². The molecule has 0 unspecified atom stereocenters. The fourth-order valence-electron chi connectivity index (χ4n) is 2.33. The molecule has 19 heavy (non-hydrogen) atoms. The second kappa shape index (κ2) is 5.32. The largest absolute Gasteiger partial charge is 0.312 e. The van der Waals surface area contributed by atoms with Gasteiger partial charge >= 0.3 is 0 Å². The van der Waals surface area contributed by atoms with Gasteiger partial charge in [0, 0.05) is 19.3 Å². The van der Waals surface area contributed by atoms with E-state index in [0.29, 0.717) is 12.1 Å². The normalized spacial score (nSPS) is 16.8. The van der Waals surface area contributed by atoms with Gasteiger partial charge in [-0.1, -0.05) is 12.1 Å². The molecule has 1 aromatic carbocycles. The van der Waals surface area contributed by atoms with E-state index in [1.807, 2.05) is 18.2 Å². The Morgan fingerprint density at radius 1 is 1.42 bits per heavy atom. The molecule has 5 heteroatoms. The molecule has 0 saturated heterocycles. The van der Waals surface area contributed by atoms with Crippen LogP contribution in [-0.4, -0.2) is 27.0 Å². The second-order valence-electron chi connectivity index (χ2n) is 5.49. The summed E-state index contributed by atoms with van der Waals surface area (Å²) in [5, 5.41) is 12.1. The Morgan fingerprint density at radius 2 is 2.16 bits per heavy atom. The summed E-state index contributed by atoms with van der Waals surface area (Å²) in [4.78, 5) is 0. The Bertz CT molecular complexity index is 598. The first-order valence-corrected chi connectivity index (χ1v) is 8.36. The van der Waals surface area contributed by atoms with Crippen LogP contribution in [-0.2, 0) is 16.4 Å². The van der Waals surface area contributed by atoms with E-state index in [9.17, 15) is 8.42 Å². The van der Waals surface area contributed by atoms with E-state index < -0.39 is 9.84 Å². The molecule has 0 amide bonds. The average molecular weight is 278 g/mol. The van der Waals surface area contributed by atoms with Gasteiger partial charge in [0.25, 0.3) is 0 Å². The minimum atomic E-state index is -2.91. The van der Waals surface area contributed by atoms with Gasteiger partial charge in [0.15, 0.2) is 0 Å². The van der Waals surface area contributed by atoms with Crippen molar-refractivity contribution in [3.05, 3.63) is 35.4 Å². The molecule has 0 heterocycles. The van der Waals surface area contributed by atoms with Crippen LogP contribution in [0, 0.1) is 16.7 Å². The van der Waals surface area contributed by atoms with E-state index in [1.54, 1.807) is 6.07 Å². The minimum Gasteiger partial charge on any atom is -0.312 e. The molecule has 0 aromatic heterocycles. The third kappa shape index (κ3) is 4.34. The molecule has 1 N–H and O–H groups in total. The number of sulfone groups is 1.